The van der Waals surface area contributed by atoms with Crippen molar-refractivity contribution in [3.05, 3.63) is 261 Å². The minimum absolute atomic E-state index is 0. The highest BCUT2D eigenvalue weighted by atomic mass is 79.9. The molecule has 0 saturated carbocycles. The third-order valence-corrected chi connectivity index (χ3v) is 22.7. The summed E-state index contributed by atoms with van der Waals surface area (Å²) in [7, 11) is 6.16. The summed E-state index contributed by atoms with van der Waals surface area (Å²) >= 11 is 77.6. The molecule has 10 aromatic carbocycles. The van der Waals surface area contributed by atoms with E-state index >= 15 is 0 Å². The van der Waals surface area contributed by atoms with Gasteiger partial charge in [0.05, 0.1) is 130 Å². The standard InChI is InChI=1S/C25H22BrCl2NO5.C18H16BrCl2NO4.C17H14BrCl2NO4.C14H9BrCl2O4.C8H9ClO.C4H5F2N3O2.C4H9NO.CH4.BBr3.B.4H2S/c1-31-18-4-2-15(3-5-18)13-33-23-7-6-19(34-24-21(27)10-16(26)11-22(24)28)12-20(23)25(30)29-17-8-9-32-14-17;1-24-16-3-2-12(26-17-14(20)6-10(19)7-15(17)21)8-13(16)18(23)22-11-4-5-25-9-11;18-9-5-13(19)16(14(20)6-9)25-11-1-2-15(22)12(7-11)17(23)21-10-3-4-24-8-10;1-20-12-3-2-8(6-9(12)14(18)19)21-13-10(16)4-7(15)5-11(13)17;1-10-8-4-2-7(6-9)3-5-8;5-2(6)1(7)3(10)9-4(8)11;5-4-1-2-6-3-4;;2-1(3)4;;;;;/h2-7,10-12,17H,8-9,13-14H2,1H3,(H,29,30);2-3,6-8,11H,4-5,9H2,1H3,(H,22,23);1-2,5-7,10,22H,3-4,8H2,(H,21,23);2-6H,1H3,(H,18,19);2-5H,6H2,1H3;2,7H,(H3,8,9,10,11);4H,1-3,5H2;1H4;;;4*1H2/t17-;11-;10-;;;;4-;;;;;;;/m000...0......./s1. The van der Waals surface area contributed by atoms with Crippen LogP contribution in [-0.2, 0) is 36.2 Å². The average Bonchev–Trinajstić information content (AvgIpc) is 1.07. The number of amides is 6. The van der Waals surface area contributed by atoms with E-state index in [9.17, 15) is 42.7 Å². The maximum absolute atomic E-state index is 13.1. The first kappa shape index (κ1) is 135. The predicted octanol–water partition coefficient (Wildman–Crippen LogP) is 26.3. The van der Waals surface area contributed by atoms with Gasteiger partial charge in [-0.2, -0.15) is 54.0 Å². The number of phenols is 1. The number of benzene rings is 10. The molecule has 0 bridgehead atoms. The second-order valence-electron chi connectivity index (χ2n) is 28.2. The zero-order chi connectivity index (χ0) is 101. The highest BCUT2D eigenvalue weighted by Gasteiger charge is 2.28. The lowest BCUT2D eigenvalue weighted by Crippen LogP contribution is -2.41. The number of phenolic OH excluding ortho intramolecular Hbond substituents is 1. The molecule has 0 aromatic heterocycles. The zero-order valence-electron chi connectivity index (χ0n) is 74.7. The van der Waals surface area contributed by atoms with E-state index in [1.165, 1.54) is 49.9 Å². The number of carbonyl (C=O) groups is 6. The lowest BCUT2D eigenvalue weighted by Gasteiger charge is -2.17. The number of nitrogens with one attached hydrogen (secondary N) is 5. The number of urea groups is 1. The predicted molar refractivity (Wildman–Crippen MR) is 606 cm³/mol. The number of hydrogen-bond acceptors (Lipinski definition) is 22. The Morgan fingerprint density at radius 1 is 0.448 bits per heavy atom. The highest BCUT2D eigenvalue weighted by molar-refractivity contribution is 9.69. The molecule has 4 atom stereocenters. The highest BCUT2D eigenvalue weighted by Crippen LogP contribution is 2.45. The molecule has 4 fully saturated rings. The third-order valence-electron chi connectivity index (χ3n) is 18.3. The van der Waals surface area contributed by atoms with Crippen molar-refractivity contribution < 1.29 is 109 Å². The van der Waals surface area contributed by atoms with Gasteiger partial charge in [-0.1, -0.05) is 188 Å². The minimum Gasteiger partial charge on any atom is -0.507 e. The first-order chi connectivity index (χ1) is 65.2. The van der Waals surface area contributed by atoms with E-state index < -0.39 is 36.0 Å². The topological polar surface area (TPSA) is 387 Å². The van der Waals surface area contributed by atoms with Crippen LogP contribution >= 0.6 is 269 Å². The first-order valence-corrected chi connectivity index (χ1v) is 49.4. The van der Waals surface area contributed by atoms with Crippen LogP contribution < -0.4 is 75.4 Å². The van der Waals surface area contributed by atoms with Gasteiger partial charge in [0, 0.05) is 64.7 Å². The summed E-state index contributed by atoms with van der Waals surface area (Å²) in [5.41, 5.74) is 11.2. The van der Waals surface area contributed by atoms with E-state index in [2.05, 4.69) is 133 Å². The van der Waals surface area contributed by atoms with Crippen LogP contribution in [0.3, 0.4) is 0 Å². The summed E-state index contributed by atoms with van der Waals surface area (Å²) in [4.78, 5) is 69.4. The van der Waals surface area contributed by atoms with Gasteiger partial charge in [0.15, 0.2) is 28.7 Å². The molecule has 52 heteroatoms. The summed E-state index contributed by atoms with van der Waals surface area (Å²) in [5.74, 6) is 2.21. The second kappa shape index (κ2) is 70.0. The smallest absolute Gasteiger partial charge is 0.369 e. The molecular formula is C91H96B2Br7Cl9F2N7O21S4. The Hall–Kier alpha value is -6.15. The van der Waals surface area contributed by atoms with Crippen LogP contribution in [-0.4, -0.2) is 175 Å². The van der Waals surface area contributed by atoms with Gasteiger partial charge < -0.3 is 99.2 Å². The van der Waals surface area contributed by atoms with Crippen LogP contribution in [0.25, 0.3) is 0 Å². The number of aromatic hydroxyl groups is 1. The summed E-state index contributed by atoms with van der Waals surface area (Å²) in [5, 5.41) is 38.2. The van der Waals surface area contributed by atoms with Crippen LogP contribution in [0.2, 0.25) is 40.2 Å². The quantitative estimate of drug-likeness (QED) is 0.0146. The molecule has 4 aliphatic rings. The molecule has 4 saturated heterocycles. The second-order valence-corrected chi connectivity index (χ2v) is 41.8. The van der Waals surface area contributed by atoms with Gasteiger partial charge >= 0.3 is 15.2 Å². The van der Waals surface area contributed by atoms with Gasteiger partial charge in [-0.3, -0.25) is 29.9 Å². The van der Waals surface area contributed by atoms with Crippen LogP contribution in [0.1, 0.15) is 85.7 Å². The molecule has 0 aliphatic carbocycles. The number of nitrogens with two attached hydrogens (primary N) is 2. The molecule has 143 heavy (non-hydrogen) atoms. The Balaban J connectivity index is 0.000000861. The number of primary amides is 1. The third kappa shape index (κ3) is 46.5. The maximum atomic E-state index is 13.1. The summed E-state index contributed by atoms with van der Waals surface area (Å²) < 4.78 is 96.5. The van der Waals surface area contributed by atoms with Crippen molar-refractivity contribution in [3.8, 4) is 80.5 Å². The summed E-state index contributed by atoms with van der Waals surface area (Å²) in [6.07, 6.45) is 0.129. The zero-order valence-corrected chi connectivity index (χ0v) is 96.6. The fourth-order valence-corrected chi connectivity index (χ4v) is 16.9. The largest absolute Gasteiger partial charge is 0.507 e. The monoisotopic (exact) mass is 2680 g/mol. The Labute approximate surface area is 958 Å². The van der Waals surface area contributed by atoms with E-state index in [0.29, 0.717) is 153 Å². The van der Waals surface area contributed by atoms with Crippen LogP contribution in [0, 0.1) is 5.41 Å². The molecule has 777 valence electrons. The van der Waals surface area contributed by atoms with Crippen LogP contribution in [0.15, 0.2) is 188 Å². The van der Waals surface area contributed by atoms with Crippen molar-refractivity contribution in [1.82, 2.24) is 21.3 Å². The van der Waals surface area contributed by atoms with Gasteiger partial charge in [0.2, 0.25) is 0 Å². The molecule has 0 unspecified atom stereocenters. The molecule has 14 rings (SSSR count). The number of methoxy groups -OCH3 is 4. The van der Waals surface area contributed by atoms with Crippen LogP contribution in [0.4, 0.5) is 13.6 Å². The summed E-state index contributed by atoms with van der Waals surface area (Å²) in [6, 6.07) is 46.2. The van der Waals surface area contributed by atoms with Gasteiger partial charge in [0.25, 0.3) is 30.1 Å². The average molecular weight is 2690 g/mol. The Bertz CT molecular complexity index is 5680. The number of carboxylic acids is 1. The molecule has 3 radical (unpaired) electrons. The molecule has 6 amide bonds. The number of carboxylic acid groups (broad SMARTS) is 1. The number of rotatable bonds is 25. The van der Waals surface area contributed by atoms with Crippen molar-refractivity contribution in [2.45, 2.75) is 76.2 Å². The number of ether oxygens (including phenoxy) is 13. The Morgan fingerprint density at radius 3 is 1.01 bits per heavy atom. The first-order valence-electron chi connectivity index (χ1n) is 39.9. The maximum Gasteiger partial charge on any atom is 0.369 e. The molecule has 10 aromatic rings. The molecule has 4 aliphatic heterocycles. The lowest BCUT2D eigenvalue weighted by atomic mass is 10.1. The SMILES string of the molecule is BrB(Br)Br.C.COc1ccc(CCl)cc1.COc1ccc(COc2ccc(Oc3c(Cl)cc(Br)cc3Cl)cc2C(=O)N[C@H]2CCOC2)cc1.COc1ccc(Oc2c(Cl)cc(Br)cc2Cl)cc1C(=O)N[C@H]1CCOC1.COc1ccc(Oc2c(Cl)cc(Br)cc2Cl)cc1C(=O)O.N=C(C(=O)NC(N)=O)C(F)F.N[C@H]1CCOC1.O=C(N[C@H]1CCOC1)c1cc(Oc2c(Cl)cc(Br)cc2Cl)ccc1O.S.S.S.S.[B]. The van der Waals surface area contributed by atoms with Gasteiger partial charge in [-0.05, 0) is 182 Å². The van der Waals surface area contributed by atoms with Crippen molar-refractivity contribution in [3.63, 3.8) is 0 Å². The van der Waals surface area contributed by atoms with E-state index in [1.54, 1.807) is 105 Å². The normalized spacial score (nSPS) is 14.0. The number of alkyl halides is 3. The van der Waals surface area contributed by atoms with Crippen molar-refractivity contribution in [2.24, 2.45) is 11.5 Å². The fourth-order valence-electron chi connectivity index (χ4n) is 11.6. The Morgan fingerprint density at radius 2 is 0.734 bits per heavy atom. The van der Waals surface area contributed by atoms with E-state index in [1.807, 2.05) is 48.5 Å². The molecule has 0 spiro atoms. The van der Waals surface area contributed by atoms with Crippen LogP contribution in [0.5, 0.6) is 80.5 Å². The minimum atomic E-state index is -3.20. The Kier molecular flexibility index (Phi) is 66.0. The number of aromatic carboxylic acids is 1. The van der Waals surface area contributed by atoms with E-state index in [-0.39, 0.29) is 144 Å². The van der Waals surface area contributed by atoms with E-state index in [4.69, 9.17) is 182 Å². The van der Waals surface area contributed by atoms with Gasteiger partial charge in [0.1, 0.15) is 69.7 Å². The number of carbonyl (C=O) groups excluding carboxylic acids is 5. The summed E-state index contributed by atoms with van der Waals surface area (Å²) in [6.45, 7) is 5.24. The number of hydrogen-bond donors (Lipinski definition) is 9. The molecule has 11 N–H and O–H groups in total. The van der Waals surface area contributed by atoms with Crippen molar-refractivity contribution in [1.29, 1.82) is 5.41 Å². The fraction of sp³-hybridized carbons (Fsp3) is 0.264. The van der Waals surface area contributed by atoms with Gasteiger partial charge in [-0.25, -0.2) is 18.4 Å². The van der Waals surface area contributed by atoms with Crippen molar-refractivity contribution in [2.75, 3.05) is 81.3 Å². The molecule has 4 heterocycles. The molecule has 28 nitrogen and oxygen atoms in total. The van der Waals surface area contributed by atoms with Gasteiger partial charge in [-0.15, -0.1) is 58.9 Å². The number of halogens is 18. The lowest BCUT2D eigenvalue weighted by molar-refractivity contribution is -0.114. The number of imide groups is 1. The van der Waals surface area contributed by atoms with E-state index in [0.717, 1.165) is 74.9 Å². The molecular weight excluding hydrogens is 2590 g/mol. The van der Waals surface area contributed by atoms with Crippen molar-refractivity contribution >= 4 is 322 Å².